The van der Waals surface area contributed by atoms with Crippen LogP contribution in [-0.2, 0) is 63.2 Å². The third-order valence-corrected chi connectivity index (χ3v) is 13.8. The topological polar surface area (TPSA) is 237 Å². The Morgan fingerprint density at radius 1 is 1.05 bits per heavy atom. The summed E-state index contributed by atoms with van der Waals surface area (Å²) in [5.41, 5.74) is -3.37. The van der Waals surface area contributed by atoms with Gasteiger partial charge in [-0.25, -0.2) is 19.4 Å². The van der Waals surface area contributed by atoms with Crippen LogP contribution in [0.1, 0.15) is 80.8 Å². The van der Waals surface area contributed by atoms with E-state index in [4.69, 9.17) is 28.0 Å². The van der Waals surface area contributed by atoms with E-state index in [1.165, 1.54) is 27.3 Å². The van der Waals surface area contributed by atoms with Gasteiger partial charge in [0, 0.05) is 29.8 Å². The molecule has 4 saturated heterocycles. The number of hydrogen-bond acceptors (Lipinski definition) is 16. The third kappa shape index (κ3) is 12.1. The molecule has 0 aliphatic carbocycles. The average molecular weight is 995 g/mol. The molecule has 0 spiro atoms. The Labute approximate surface area is 397 Å². The molecule has 6 rings (SSSR count). The van der Waals surface area contributed by atoms with Crippen LogP contribution >= 0.6 is 30.3 Å². The molecule has 0 radical (unpaired) electrons. The number of thiazole rings is 1. The van der Waals surface area contributed by atoms with Crippen LogP contribution in [0.3, 0.4) is 0 Å². The van der Waals surface area contributed by atoms with Gasteiger partial charge in [0.2, 0.25) is 11.0 Å². The minimum absolute atomic E-state index is 0.0340. The molecule has 1 aromatic heterocycles. The number of nitrogens with one attached hydrogen (secondary N) is 2. The van der Waals surface area contributed by atoms with Crippen molar-refractivity contribution < 1.29 is 65.8 Å². The number of nitrogens with zero attached hydrogens (tertiary/aromatic N) is 5. The summed E-state index contributed by atoms with van der Waals surface area (Å²) in [6, 6.07) is -1.44. The third-order valence-electron chi connectivity index (χ3n) is 11.0. The summed E-state index contributed by atoms with van der Waals surface area (Å²) >= 11 is -0.891. The second-order valence-electron chi connectivity index (χ2n) is 18.5. The number of oxime groups is 1. The van der Waals surface area contributed by atoms with E-state index in [2.05, 4.69) is 36.8 Å². The molecular formula is C41H59BN7O13P2S2+. The Bertz CT molecular complexity index is 2250. The smallest absolute Gasteiger partial charge is 0.413 e. The minimum Gasteiger partial charge on any atom is -0.614 e. The highest BCUT2D eigenvalue weighted by Crippen LogP contribution is 2.40. The summed E-state index contributed by atoms with van der Waals surface area (Å²) < 4.78 is 41.3. The van der Waals surface area contributed by atoms with Crippen molar-refractivity contribution in [1.29, 1.82) is 0 Å². The molecule has 5 atom stereocenters. The summed E-state index contributed by atoms with van der Waals surface area (Å²) in [6.07, 6.45) is 3.76. The second-order valence-corrected chi connectivity index (χ2v) is 21.4. The zero-order chi connectivity index (χ0) is 49.1. The molecule has 2 bridgehead atoms. The Morgan fingerprint density at radius 2 is 1.70 bits per heavy atom. The predicted molar refractivity (Wildman–Crippen MR) is 254 cm³/mol. The van der Waals surface area contributed by atoms with Crippen molar-refractivity contribution in [3.63, 3.8) is 0 Å². The van der Waals surface area contributed by atoms with Gasteiger partial charge < -0.3 is 47.3 Å². The van der Waals surface area contributed by atoms with E-state index in [1.807, 2.05) is 14.4 Å². The fourth-order valence-electron chi connectivity index (χ4n) is 7.81. The first kappa shape index (κ1) is 52.4. The first-order valence-electron chi connectivity index (χ1n) is 21.0. The van der Waals surface area contributed by atoms with E-state index < -0.39 is 75.0 Å². The number of anilines is 1. The fraction of sp³-hybridized carbons (Fsp3) is 0.561. The minimum atomic E-state index is -1.83. The van der Waals surface area contributed by atoms with Gasteiger partial charge in [-0.05, 0) is 85.6 Å². The number of rotatable bonds is 15. The van der Waals surface area contributed by atoms with Crippen LogP contribution < -0.4 is 10.6 Å². The van der Waals surface area contributed by atoms with E-state index in [-0.39, 0.29) is 46.3 Å². The van der Waals surface area contributed by atoms with Gasteiger partial charge in [-0.3, -0.25) is 24.6 Å². The van der Waals surface area contributed by atoms with Gasteiger partial charge in [0.15, 0.2) is 22.6 Å². The van der Waals surface area contributed by atoms with E-state index >= 15 is 0 Å². The molecule has 360 valence electrons. The molecule has 25 heteroatoms. The van der Waals surface area contributed by atoms with E-state index in [1.54, 1.807) is 60.6 Å². The highest BCUT2D eigenvalue weighted by Gasteiger charge is 2.62. The highest BCUT2D eigenvalue weighted by molar-refractivity contribution is 7.92. The van der Waals surface area contributed by atoms with Gasteiger partial charge in [-0.15, -0.1) is 11.3 Å². The number of allylic oxidation sites excluding steroid dienone is 1. The Morgan fingerprint density at radius 3 is 2.27 bits per heavy atom. The lowest BCUT2D eigenvalue weighted by molar-refractivity contribution is -0.924. The van der Waals surface area contributed by atoms with Crippen molar-refractivity contribution in [2.45, 2.75) is 109 Å². The van der Waals surface area contributed by atoms with Crippen molar-refractivity contribution in [2.75, 3.05) is 43.8 Å². The number of carbonyl (C=O) groups excluding carboxylic acids is 6. The van der Waals surface area contributed by atoms with Gasteiger partial charge in [0.1, 0.15) is 40.6 Å². The molecule has 6 heterocycles. The maximum Gasteiger partial charge on any atom is 0.413 e. The first-order valence-corrected chi connectivity index (χ1v) is 24.2. The Balaban J connectivity index is 1.38. The summed E-state index contributed by atoms with van der Waals surface area (Å²) in [5.74, 6) is -2.94. The second kappa shape index (κ2) is 20.8. The predicted octanol–water partition coefficient (Wildman–Crippen LogP) is 2.87. The zero-order valence-electron chi connectivity index (χ0n) is 38.8. The number of fused-ring (bicyclic) bond motifs is 5. The van der Waals surface area contributed by atoms with Crippen molar-refractivity contribution in [2.24, 2.45) is 5.16 Å². The average Bonchev–Trinajstić information content (AvgIpc) is 3.51. The quantitative estimate of drug-likeness (QED) is 0.0220. The number of esters is 1. The standard InChI is InChI=1S/C41H58BN7O13P2S2/c1-11-26(60-63)27(59-42)18-22(2)32(51)47-14-17-49(15-12-24(47)13-16-49)19-23-21-66(56)34-29(33(52)48(34)30(23)35(53)61-64)44-31(50)28(46-62-41(9,10)36(54)57-39(3,4)5)25-20-65-37(43-25)45-38(55)58-40(6,7)8/h11,18,20,24,29,34H,2,12-17,19,21,42,63-64H2,1,3-10H3,(H-,43,44,45,50,55)/p+1/b26-11+,27-18+,46-28-/t24?,29-,34-,49?,66?/m1/s1. The van der Waals surface area contributed by atoms with Gasteiger partial charge in [0.05, 0.1) is 50.7 Å². The number of aromatic nitrogens is 1. The lowest BCUT2D eigenvalue weighted by Crippen LogP contribution is -2.75. The number of β-lactam (4-membered cyclic amide) rings is 1. The maximum atomic E-state index is 14.2. The first-order chi connectivity index (χ1) is 30.8. The molecule has 5 aliphatic rings. The summed E-state index contributed by atoms with van der Waals surface area (Å²) in [6.45, 7) is 21.1. The lowest BCUT2D eigenvalue weighted by Gasteiger charge is -2.50. The summed E-state index contributed by atoms with van der Waals surface area (Å²) in [7, 11) is 5.52. The van der Waals surface area contributed by atoms with Crippen LogP contribution in [0, 0.1) is 0 Å². The number of quaternary nitrogens is 1. The van der Waals surface area contributed by atoms with Crippen LogP contribution in [-0.4, -0.2) is 146 Å². The molecule has 5 aliphatic heterocycles. The van der Waals surface area contributed by atoms with E-state index in [0.717, 1.165) is 16.2 Å². The largest absolute Gasteiger partial charge is 0.614 e. The molecule has 66 heavy (non-hydrogen) atoms. The lowest BCUT2D eigenvalue weighted by atomic mass is 9.99. The SMILES string of the molecule is BOC(=C/C(=C)C(=O)N1CC[N+]2(CC3=C(C(=O)OP)N4C(=O)[C@@H](NC(=O)/C(=N\OC(C)(C)C(=O)OC(C)(C)C)c5csc(NC(=O)OC(C)(C)C)n5)[C@H]4[S+]([O-])C3)CCC1CC2)/C(=C\C)OP. The van der Waals surface area contributed by atoms with Crippen LogP contribution in [0.2, 0.25) is 0 Å². The maximum absolute atomic E-state index is 14.2. The van der Waals surface area contributed by atoms with Gasteiger partial charge in [-0.1, -0.05) is 11.7 Å². The summed E-state index contributed by atoms with van der Waals surface area (Å²) in [4.78, 5) is 94.0. The van der Waals surface area contributed by atoms with Crippen LogP contribution in [0.5, 0.6) is 0 Å². The number of hydrogen-bond donors (Lipinski definition) is 2. The molecule has 4 fully saturated rings. The van der Waals surface area contributed by atoms with Crippen molar-refractivity contribution >= 4 is 96.1 Å². The van der Waals surface area contributed by atoms with Gasteiger partial charge in [-0.2, -0.15) is 0 Å². The molecule has 0 saturated carbocycles. The van der Waals surface area contributed by atoms with Crippen molar-refractivity contribution in [3.05, 3.63) is 58.2 Å². The number of amides is 4. The van der Waals surface area contributed by atoms with Crippen molar-refractivity contribution in [1.82, 2.24) is 20.1 Å². The summed E-state index contributed by atoms with van der Waals surface area (Å²) in [5, 5.41) is 9.36. The van der Waals surface area contributed by atoms with Crippen LogP contribution in [0.4, 0.5) is 9.93 Å². The number of ether oxygens (including phenoxy) is 2. The molecule has 0 aromatic carbocycles. The van der Waals surface area contributed by atoms with E-state index in [0.29, 0.717) is 60.6 Å². The highest BCUT2D eigenvalue weighted by atomic mass is 32.2. The number of carbonyl (C=O) groups is 6. The number of piperidine rings is 1. The van der Waals surface area contributed by atoms with Gasteiger partial charge >= 0.3 is 26.1 Å². The van der Waals surface area contributed by atoms with Crippen LogP contribution in [0.25, 0.3) is 0 Å². The van der Waals surface area contributed by atoms with Crippen molar-refractivity contribution in [3.8, 4) is 0 Å². The van der Waals surface area contributed by atoms with Gasteiger partial charge in [0.25, 0.3) is 17.7 Å². The molecule has 2 N–H and O–H groups in total. The Kier molecular flexibility index (Phi) is 16.5. The molecule has 4 amide bonds. The Hall–Kier alpha value is -4.53. The normalized spacial score (nSPS) is 23.8. The van der Waals surface area contributed by atoms with E-state index in [9.17, 15) is 33.3 Å². The zero-order valence-corrected chi connectivity index (χ0v) is 42.8. The monoisotopic (exact) mass is 994 g/mol. The fourth-order valence-corrected chi connectivity index (χ4v) is 10.5. The molecule has 1 aromatic rings. The van der Waals surface area contributed by atoms with Crippen LogP contribution in [0.15, 0.2) is 57.6 Å². The molecular weight excluding hydrogens is 935 g/mol. The molecule has 20 nitrogen and oxygen atoms in total. The molecule has 3 unspecified atom stereocenters.